The first kappa shape index (κ1) is 24.5. The molecule has 0 unspecified atom stereocenters. The van der Waals surface area contributed by atoms with Crippen LogP contribution in [0.2, 0.25) is 5.02 Å². The zero-order chi connectivity index (χ0) is 19.8. The van der Waals surface area contributed by atoms with E-state index in [1.165, 1.54) is 0 Å². The first-order valence-electron chi connectivity index (χ1n) is 9.24. The molecule has 0 atom stereocenters. The Morgan fingerprint density at radius 3 is 2.61 bits per heavy atom. The fourth-order valence-electron chi connectivity index (χ4n) is 3.43. The van der Waals surface area contributed by atoms with Gasteiger partial charge < -0.3 is 20.1 Å². The number of halogens is 2. The van der Waals surface area contributed by atoms with E-state index < -0.39 is 5.97 Å². The Morgan fingerprint density at radius 1 is 1.36 bits per heavy atom. The molecule has 1 aliphatic heterocycles. The van der Waals surface area contributed by atoms with E-state index in [2.05, 4.69) is 10.2 Å². The maximum atomic E-state index is 12.3. The van der Waals surface area contributed by atoms with Gasteiger partial charge in [0.25, 0.3) is 0 Å². The number of aliphatic carboxylic acids is 1. The molecule has 28 heavy (non-hydrogen) atoms. The van der Waals surface area contributed by atoms with Gasteiger partial charge in [-0.05, 0) is 50.7 Å². The number of amides is 1. The zero-order valence-electron chi connectivity index (χ0n) is 16.3. The smallest absolute Gasteiger partial charge is 0.317 e. The van der Waals surface area contributed by atoms with Crippen LogP contribution in [-0.2, 0) is 9.59 Å². The molecule has 0 radical (unpaired) electrons. The van der Waals surface area contributed by atoms with E-state index in [0.717, 1.165) is 32.5 Å². The van der Waals surface area contributed by atoms with Crippen LogP contribution in [0.25, 0.3) is 0 Å². The Kier molecular flexibility index (Phi) is 10.6. The van der Waals surface area contributed by atoms with Crippen LogP contribution >= 0.6 is 24.0 Å². The number of benzene rings is 1. The van der Waals surface area contributed by atoms with Gasteiger partial charge in [-0.3, -0.25) is 14.5 Å². The first-order chi connectivity index (χ1) is 12.9. The molecule has 0 aliphatic carbocycles. The summed E-state index contributed by atoms with van der Waals surface area (Å²) in [4.78, 5) is 27.5. The zero-order valence-corrected chi connectivity index (χ0v) is 17.9. The summed E-state index contributed by atoms with van der Waals surface area (Å²) in [7, 11) is 1.55. The van der Waals surface area contributed by atoms with Gasteiger partial charge in [0, 0.05) is 24.0 Å². The average molecular weight is 434 g/mol. The Hall–Kier alpha value is -1.54. The molecule has 1 fully saturated rings. The molecule has 1 heterocycles. The first-order valence-corrected chi connectivity index (χ1v) is 9.62. The van der Waals surface area contributed by atoms with Crippen molar-refractivity contribution in [2.75, 3.05) is 45.2 Å². The molecule has 0 bridgehead atoms. The molecule has 1 aromatic carbocycles. The number of likely N-dealkylation sites (N-methyl/N-ethyl adjacent to an activating group) is 1. The van der Waals surface area contributed by atoms with Crippen LogP contribution in [0.1, 0.15) is 26.2 Å². The lowest BCUT2D eigenvalue weighted by Gasteiger charge is -2.37. The van der Waals surface area contributed by atoms with E-state index in [9.17, 15) is 9.59 Å². The Morgan fingerprint density at radius 2 is 2.04 bits per heavy atom. The molecular formula is C19H29Cl2N3O4. The molecule has 1 amide bonds. The predicted octanol–water partition coefficient (Wildman–Crippen LogP) is 2.97. The van der Waals surface area contributed by atoms with Gasteiger partial charge in [0.1, 0.15) is 5.75 Å². The number of carbonyl (C=O) groups excluding carboxylic acids is 1. The molecule has 0 aromatic heterocycles. The Labute approximate surface area is 177 Å². The second-order valence-electron chi connectivity index (χ2n) is 6.67. The van der Waals surface area contributed by atoms with Gasteiger partial charge in [-0.2, -0.15) is 0 Å². The largest absolute Gasteiger partial charge is 0.495 e. The standard InChI is InChI=1S/C19H28ClN3O4.ClH/c1-3-23(13-19(25)26)15-6-9-22(10-7-15)11-8-18(24)21-16-12-14(20)4-5-17(16)27-2;/h4-5,12,15H,3,6-11,13H2,1-2H3,(H,21,24)(H,25,26);1H. The van der Waals surface area contributed by atoms with E-state index in [4.69, 9.17) is 21.4 Å². The number of hydrogen-bond acceptors (Lipinski definition) is 5. The van der Waals surface area contributed by atoms with Crippen molar-refractivity contribution in [3.8, 4) is 5.75 Å². The minimum Gasteiger partial charge on any atom is -0.495 e. The lowest BCUT2D eigenvalue weighted by molar-refractivity contribution is -0.139. The molecule has 0 spiro atoms. The van der Waals surface area contributed by atoms with Gasteiger partial charge in [-0.1, -0.05) is 18.5 Å². The van der Waals surface area contributed by atoms with Gasteiger partial charge in [0.05, 0.1) is 19.3 Å². The lowest BCUT2D eigenvalue weighted by Crippen LogP contribution is -2.47. The number of carboxylic acid groups (broad SMARTS) is 1. The summed E-state index contributed by atoms with van der Waals surface area (Å²) in [5, 5.41) is 12.4. The van der Waals surface area contributed by atoms with Gasteiger partial charge in [0.2, 0.25) is 5.91 Å². The molecule has 2 rings (SSSR count). The third kappa shape index (κ3) is 7.47. The van der Waals surface area contributed by atoms with E-state index in [1.807, 2.05) is 11.8 Å². The van der Waals surface area contributed by atoms with Crippen molar-refractivity contribution in [2.45, 2.75) is 32.2 Å². The summed E-state index contributed by atoms with van der Waals surface area (Å²) >= 11 is 5.98. The number of piperidine rings is 1. The molecule has 1 aliphatic rings. The van der Waals surface area contributed by atoms with Gasteiger partial charge in [0.15, 0.2) is 0 Å². The van der Waals surface area contributed by atoms with Crippen LogP contribution < -0.4 is 10.1 Å². The number of rotatable bonds is 9. The molecule has 7 nitrogen and oxygen atoms in total. The van der Waals surface area contributed by atoms with Crippen molar-refractivity contribution >= 4 is 41.6 Å². The molecule has 9 heteroatoms. The van der Waals surface area contributed by atoms with Gasteiger partial charge >= 0.3 is 5.97 Å². The third-order valence-electron chi connectivity index (χ3n) is 4.91. The van der Waals surface area contributed by atoms with Crippen molar-refractivity contribution in [1.29, 1.82) is 0 Å². The van der Waals surface area contributed by atoms with Crippen LogP contribution in [0.4, 0.5) is 5.69 Å². The van der Waals surface area contributed by atoms with Crippen LogP contribution in [-0.4, -0.2) is 72.7 Å². The van der Waals surface area contributed by atoms with Crippen LogP contribution in [0.3, 0.4) is 0 Å². The minimum absolute atomic E-state index is 0. The fraction of sp³-hybridized carbons (Fsp3) is 0.579. The number of nitrogens with zero attached hydrogens (tertiary/aromatic N) is 2. The second kappa shape index (κ2) is 12.1. The van der Waals surface area contributed by atoms with Crippen molar-refractivity contribution in [3.05, 3.63) is 23.2 Å². The summed E-state index contributed by atoms with van der Waals surface area (Å²) in [6.07, 6.45) is 2.22. The number of hydrogen-bond donors (Lipinski definition) is 2. The maximum absolute atomic E-state index is 12.3. The molecular weight excluding hydrogens is 405 g/mol. The lowest BCUT2D eigenvalue weighted by atomic mass is 10.0. The third-order valence-corrected chi connectivity index (χ3v) is 5.14. The normalized spacial score (nSPS) is 15.1. The Balaban J connectivity index is 0.00000392. The van der Waals surface area contributed by atoms with Gasteiger partial charge in [-0.15, -0.1) is 12.4 Å². The highest BCUT2D eigenvalue weighted by atomic mass is 35.5. The highest BCUT2D eigenvalue weighted by Crippen LogP contribution is 2.27. The topological polar surface area (TPSA) is 82.1 Å². The summed E-state index contributed by atoms with van der Waals surface area (Å²) in [6.45, 7) is 5.23. The summed E-state index contributed by atoms with van der Waals surface area (Å²) in [5.41, 5.74) is 0.570. The number of ether oxygens (including phenoxy) is 1. The van der Waals surface area contributed by atoms with E-state index in [0.29, 0.717) is 35.5 Å². The average Bonchev–Trinajstić information content (AvgIpc) is 2.65. The van der Waals surface area contributed by atoms with Crippen molar-refractivity contribution in [2.24, 2.45) is 0 Å². The highest BCUT2D eigenvalue weighted by molar-refractivity contribution is 6.31. The molecule has 2 N–H and O–H groups in total. The number of carbonyl (C=O) groups is 2. The summed E-state index contributed by atoms with van der Waals surface area (Å²) in [5.74, 6) is -0.294. The quantitative estimate of drug-likeness (QED) is 0.622. The molecule has 1 aromatic rings. The fourth-order valence-corrected chi connectivity index (χ4v) is 3.60. The van der Waals surface area contributed by atoms with E-state index in [1.54, 1.807) is 25.3 Å². The molecule has 158 valence electrons. The summed E-state index contributed by atoms with van der Waals surface area (Å²) < 4.78 is 5.24. The number of methoxy groups -OCH3 is 1. The second-order valence-corrected chi connectivity index (χ2v) is 7.11. The predicted molar refractivity (Wildman–Crippen MR) is 113 cm³/mol. The van der Waals surface area contributed by atoms with E-state index in [-0.39, 0.29) is 24.9 Å². The Bertz CT molecular complexity index is 652. The molecule has 1 saturated heterocycles. The monoisotopic (exact) mass is 433 g/mol. The van der Waals surface area contributed by atoms with Crippen molar-refractivity contribution in [1.82, 2.24) is 9.80 Å². The van der Waals surface area contributed by atoms with E-state index >= 15 is 0 Å². The van der Waals surface area contributed by atoms with Gasteiger partial charge in [-0.25, -0.2) is 0 Å². The minimum atomic E-state index is -0.785. The highest BCUT2D eigenvalue weighted by Gasteiger charge is 2.25. The van der Waals surface area contributed by atoms with Crippen LogP contribution in [0.15, 0.2) is 18.2 Å². The number of likely N-dealkylation sites (tertiary alicyclic amines) is 1. The van der Waals surface area contributed by atoms with Crippen molar-refractivity contribution in [3.63, 3.8) is 0 Å². The maximum Gasteiger partial charge on any atom is 0.317 e. The van der Waals surface area contributed by atoms with Crippen molar-refractivity contribution < 1.29 is 19.4 Å². The van der Waals surface area contributed by atoms with Crippen LogP contribution in [0, 0.1) is 0 Å². The van der Waals surface area contributed by atoms with Crippen LogP contribution in [0.5, 0.6) is 5.75 Å². The summed E-state index contributed by atoms with van der Waals surface area (Å²) in [6, 6.07) is 5.40. The molecule has 0 saturated carbocycles. The number of nitrogens with one attached hydrogen (secondary N) is 1. The number of anilines is 1. The number of carboxylic acids is 1. The SMILES string of the molecule is CCN(CC(=O)O)C1CCN(CCC(=O)Nc2cc(Cl)ccc2OC)CC1.Cl.